The van der Waals surface area contributed by atoms with Crippen molar-refractivity contribution in [2.75, 3.05) is 0 Å². The Hall–Kier alpha value is -3.54. The number of primary amides is 1. The number of amides is 4. The molecule has 0 spiro atoms. The quantitative estimate of drug-likeness (QED) is 0.328. The second kappa shape index (κ2) is 14.7. The molecule has 4 amide bonds. The van der Waals surface area contributed by atoms with Crippen LogP contribution >= 0.6 is 0 Å². The fraction of sp³-hybridized carbons (Fsp3) is 0.613. The molecule has 0 bridgehead atoms. The van der Waals surface area contributed by atoms with Gasteiger partial charge in [0.25, 0.3) is 0 Å². The zero-order chi connectivity index (χ0) is 30.8. The van der Waals surface area contributed by atoms with Gasteiger partial charge < -0.3 is 26.0 Å². The third kappa shape index (κ3) is 11.7. The fourth-order valence-corrected chi connectivity index (χ4v) is 4.21. The third-order valence-electron chi connectivity index (χ3n) is 6.00. The van der Waals surface area contributed by atoms with E-state index in [4.69, 9.17) is 16.9 Å². The monoisotopic (exact) mass is 556 g/mol. The number of benzene rings is 1. The summed E-state index contributed by atoms with van der Waals surface area (Å²) in [5, 5.41) is 5.62. The maximum Gasteiger partial charge on any atom is 0.408 e. The molecule has 0 fully saturated rings. The van der Waals surface area contributed by atoms with Crippen LogP contribution in [0.2, 0.25) is 0 Å². The third-order valence-corrected chi connectivity index (χ3v) is 6.00. The van der Waals surface area contributed by atoms with E-state index >= 15 is 0 Å². The molecule has 0 saturated carbocycles. The molecular formula is C31H48N4O5. The van der Waals surface area contributed by atoms with Crippen molar-refractivity contribution in [3.8, 4) is 12.3 Å². The van der Waals surface area contributed by atoms with Crippen molar-refractivity contribution in [1.29, 1.82) is 0 Å². The topological polar surface area (TPSA) is 131 Å². The molecule has 0 aliphatic carbocycles. The highest BCUT2D eigenvalue weighted by atomic mass is 16.6. The Morgan fingerprint density at radius 3 is 2.10 bits per heavy atom. The first-order valence-electron chi connectivity index (χ1n) is 13.8. The van der Waals surface area contributed by atoms with E-state index in [1.165, 1.54) is 4.90 Å². The molecule has 222 valence electrons. The maximum atomic E-state index is 14.4. The van der Waals surface area contributed by atoms with E-state index in [-0.39, 0.29) is 12.8 Å². The van der Waals surface area contributed by atoms with Crippen molar-refractivity contribution in [3.63, 3.8) is 0 Å². The minimum Gasteiger partial charge on any atom is -0.444 e. The Kier molecular flexibility index (Phi) is 12.7. The van der Waals surface area contributed by atoms with Gasteiger partial charge in [-0.15, -0.1) is 6.42 Å². The van der Waals surface area contributed by atoms with Gasteiger partial charge in [-0.2, -0.15) is 0 Å². The largest absolute Gasteiger partial charge is 0.444 e. The summed E-state index contributed by atoms with van der Waals surface area (Å²) in [4.78, 5) is 54.3. The lowest BCUT2D eigenvalue weighted by molar-refractivity contribution is -0.146. The van der Waals surface area contributed by atoms with Crippen LogP contribution in [-0.2, 0) is 19.1 Å². The minimum absolute atomic E-state index is 0.0643. The van der Waals surface area contributed by atoms with Crippen LogP contribution in [0.4, 0.5) is 4.79 Å². The van der Waals surface area contributed by atoms with Gasteiger partial charge in [0.15, 0.2) is 0 Å². The molecule has 9 heteroatoms. The lowest BCUT2D eigenvalue weighted by atomic mass is 9.93. The summed E-state index contributed by atoms with van der Waals surface area (Å²) in [7, 11) is 0. The van der Waals surface area contributed by atoms with E-state index in [0.717, 1.165) is 6.42 Å². The molecule has 0 radical (unpaired) electrons. The van der Waals surface area contributed by atoms with Crippen LogP contribution in [-0.4, -0.2) is 51.9 Å². The van der Waals surface area contributed by atoms with E-state index in [9.17, 15) is 19.2 Å². The van der Waals surface area contributed by atoms with Crippen molar-refractivity contribution < 1.29 is 23.9 Å². The molecule has 9 nitrogen and oxygen atoms in total. The van der Waals surface area contributed by atoms with Gasteiger partial charge in [0, 0.05) is 23.6 Å². The lowest BCUT2D eigenvalue weighted by Crippen LogP contribution is -2.57. The number of alkyl carbamates (subject to hydrolysis) is 1. The first-order valence-corrected chi connectivity index (χ1v) is 13.8. The molecule has 0 heterocycles. The summed E-state index contributed by atoms with van der Waals surface area (Å²) in [5.74, 6) is 1.42. The van der Waals surface area contributed by atoms with Crippen molar-refractivity contribution >= 4 is 23.8 Å². The average molecular weight is 557 g/mol. The molecule has 0 aliphatic rings. The average Bonchev–Trinajstić information content (AvgIpc) is 2.80. The Morgan fingerprint density at radius 2 is 1.60 bits per heavy atom. The number of hydrogen-bond donors (Lipinski definition) is 3. The Labute approximate surface area is 240 Å². The van der Waals surface area contributed by atoms with Crippen molar-refractivity contribution in [2.45, 2.75) is 117 Å². The van der Waals surface area contributed by atoms with Gasteiger partial charge in [-0.1, -0.05) is 38.0 Å². The molecule has 0 aliphatic heterocycles. The van der Waals surface area contributed by atoms with Gasteiger partial charge >= 0.3 is 6.09 Å². The molecule has 3 atom stereocenters. The van der Waals surface area contributed by atoms with E-state index < -0.39 is 53.1 Å². The second-order valence-electron chi connectivity index (χ2n) is 12.6. The van der Waals surface area contributed by atoms with Crippen LogP contribution in [0.5, 0.6) is 0 Å². The van der Waals surface area contributed by atoms with Crippen LogP contribution in [0.3, 0.4) is 0 Å². The SMILES string of the molecule is C#Cc1ccccc1C(C(=O)NC(C)(C)C)N(C(=O)C(CCC(N)=O)NC(=O)OC(C)(C)C)C(C)CCC(C)C. The molecule has 0 saturated heterocycles. The van der Waals surface area contributed by atoms with Crippen LogP contribution in [0.15, 0.2) is 24.3 Å². The summed E-state index contributed by atoms with van der Waals surface area (Å²) in [5.41, 5.74) is 4.95. The number of nitrogens with one attached hydrogen (secondary N) is 2. The van der Waals surface area contributed by atoms with Crippen LogP contribution in [0.1, 0.15) is 105 Å². The minimum atomic E-state index is -1.17. The van der Waals surface area contributed by atoms with Crippen molar-refractivity contribution in [1.82, 2.24) is 15.5 Å². The smallest absolute Gasteiger partial charge is 0.408 e. The number of terminal acetylenes is 1. The zero-order valence-electron chi connectivity index (χ0n) is 25.6. The number of ether oxygens (including phenoxy) is 1. The molecular weight excluding hydrogens is 508 g/mol. The highest BCUT2D eigenvalue weighted by Crippen LogP contribution is 2.30. The predicted molar refractivity (Wildman–Crippen MR) is 157 cm³/mol. The fourth-order valence-electron chi connectivity index (χ4n) is 4.21. The van der Waals surface area contributed by atoms with Gasteiger partial charge in [-0.3, -0.25) is 14.4 Å². The molecule has 1 aromatic rings. The second-order valence-corrected chi connectivity index (χ2v) is 12.6. The van der Waals surface area contributed by atoms with Crippen LogP contribution in [0, 0.1) is 18.3 Å². The number of carbonyl (C=O) groups excluding carboxylic acids is 4. The lowest BCUT2D eigenvalue weighted by Gasteiger charge is -2.40. The maximum absolute atomic E-state index is 14.4. The molecule has 1 rings (SSSR count). The standard InChI is InChI=1S/C31H48N4O5/c1-11-22-14-12-13-15-23(22)26(27(37)34-30(5,6)7)35(21(4)17-16-20(2)3)28(38)24(18-19-25(32)36)33-29(39)40-31(8,9)10/h1,12-15,20-21,24,26H,16-19H2,2-10H3,(H2,32,36)(H,33,39)(H,34,37). The van der Waals surface area contributed by atoms with Crippen molar-refractivity contribution in [3.05, 3.63) is 35.4 Å². The van der Waals surface area contributed by atoms with Gasteiger partial charge in [0.05, 0.1) is 0 Å². The van der Waals surface area contributed by atoms with E-state index in [2.05, 4.69) is 30.4 Å². The zero-order valence-corrected chi connectivity index (χ0v) is 25.6. The van der Waals surface area contributed by atoms with E-state index in [1.807, 2.05) is 27.7 Å². The van der Waals surface area contributed by atoms with Gasteiger partial charge in [-0.05, 0) is 85.3 Å². The Balaban J connectivity index is 3.77. The summed E-state index contributed by atoms with van der Waals surface area (Å²) in [6, 6.07) is 4.29. The molecule has 3 unspecified atom stereocenters. The molecule has 40 heavy (non-hydrogen) atoms. The first kappa shape index (κ1) is 34.5. The highest BCUT2D eigenvalue weighted by molar-refractivity contribution is 5.93. The number of rotatable bonds is 12. The number of nitrogens with zero attached hydrogens (tertiary/aromatic N) is 1. The number of carbonyl (C=O) groups is 4. The highest BCUT2D eigenvalue weighted by Gasteiger charge is 2.40. The molecule has 1 aromatic carbocycles. The van der Waals surface area contributed by atoms with Crippen molar-refractivity contribution in [2.24, 2.45) is 11.7 Å². The normalized spacial score (nSPS) is 13.9. The summed E-state index contributed by atoms with van der Waals surface area (Å²) in [6.07, 6.45) is 6.18. The van der Waals surface area contributed by atoms with Gasteiger partial charge in [0.2, 0.25) is 17.7 Å². The summed E-state index contributed by atoms with van der Waals surface area (Å²) >= 11 is 0. The number of hydrogen-bond acceptors (Lipinski definition) is 5. The Morgan fingerprint density at radius 1 is 1.00 bits per heavy atom. The van der Waals surface area contributed by atoms with Crippen LogP contribution < -0.4 is 16.4 Å². The molecule has 4 N–H and O–H groups in total. The van der Waals surface area contributed by atoms with E-state index in [0.29, 0.717) is 23.5 Å². The predicted octanol–water partition coefficient (Wildman–Crippen LogP) is 4.44. The summed E-state index contributed by atoms with van der Waals surface area (Å²) < 4.78 is 5.40. The summed E-state index contributed by atoms with van der Waals surface area (Å²) in [6.45, 7) is 16.7. The van der Waals surface area contributed by atoms with Gasteiger partial charge in [-0.25, -0.2) is 4.79 Å². The number of nitrogens with two attached hydrogens (primary N) is 1. The van der Waals surface area contributed by atoms with Crippen LogP contribution in [0.25, 0.3) is 0 Å². The molecule has 0 aromatic heterocycles. The Bertz CT molecular complexity index is 1080. The van der Waals surface area contributed by atoms with E-state index in [1.54, 1.807) is 45.0 Å². The first-order chi connectivity index (χ1) is 18.4. The van der Waals surface area contributed by atoms with Gasteiger partial charge in [0.1, 0.15) is 17.7 Å².